The predicted molar refractivity (Wildman–Crippen MR) is 145 cm³/mol. The number of ether oxygens (including phenoxy) is 2. The van der Waals surface area contributed by atoms with E-state index < -0.39 is 5.54 Å². The van der Waals surface area contributed by atoms with Gasteiger partial charge in [-0.3, -0.25) is 4.79 Å². The van der Waals surface area contributed by atoms with E-state index in [1.54, 1.807) is 36.3 Å². The van der Waals surface area contributed by atoms with Gasteiger partial charge in [-0.25, -0.2) is 4.98 Å². The Hall–Kier alpha value is -3.55. The molecule has 0 saturated carbocycles. The normalized spacial score (nSPS) is 19.6. The molecular formula is C29H26N2O3S2. The summed E-state index contributed by atoms with van der Waals surface area (Å²) >= 11 is 3.13. The summed E-state index contributed by atoms with van der Waals surface area (Å²) in [5.41, 5.74) is 2.83. The fourth-order valence-electron chi connectivity index (χ4n) is 4.40. The van der Waals surface area contributed by atoms with Crippen molar-refractivity contribution in [2.75, 3.05) is 7.11 Å². The molecule has 2 aromatic carbocycles. The minimum atomic E-state index is -0.836. The number of pyridine rings is 1. The lowest BCUT2D eigenvalue weighted by molar-refractivity contribution is -0.122. The van der Waals surface area contributed by atoms with Crippen LogP contribution < -0.4 is 14.8 Å². The van der Waals surface area contributed by atoms with E-state index in [9.17, 15) is 4.79 Å². The average Bonchev–Trinajstić information content (AvgIpc) is 3.43. The first-order valence-corrected chi connectivity index (χ1v) is 13.4. The highest BCUT2D eigenvalue weighted by molar-refractivity contribution is 8.00. The van der Waals surface area contributed by atoms with E-state index in [2.05, 4.69) is 30.3 Å². The fourth-order valence-corrected chi connectivity index (χ4v) is 6.21. The molecule has 0 bridgehead atoms. The minimum Gasteiger partial charge on any atom is -0.493 e. The van der Waals surface area contributed by atoms with Crippen LogP contribution in [0.15, 0.2) is 101 Å². The summed E-state index contributed by atoms with van der Waals surface area (Å²) in [6.07, 6.45) is 0.532. The van der Waals surface area contributed by atoms with Crippen LogP contribution >= 0.6 is 23.1 Å². The quantitative estimate of drug-likeness (QED) is 0.277. The Kier molecular flexibility index (Phi) is 6.85. The molecule has 5 rings (SSSR count). The molecule has 1 aliphatic heterocycles. The number of hydrogen-bond donors (Lipinski definition) is 1. The summed E-state index contributed by atoms with van der Waals surface area (Å²) in [6, 6.07) is 23.2. The van der Waals surface area contributed by atoms with E-state index in [1.807, 2.05) is 66.0 Å². The lowest BCUT2D eigenvalue weighted by Crippen LogP contribution is -2.55. The van der Waals surface area contributed by atoms with E-state index >= 15 is 0 Å². The van der Waals surface area contributed by atoms with Gasteiger partial charge in [0.15, 0.2) is 11.5 Å². The zero-order chi connectivity index (χ0) is 25.1. The molecule has 5 nitrogen and oxygen atoms in total. The number of benzene rings is 2. The molecule has 1 amide bonds. The molecule has 1 fully saturated rings. The molecule has 182 valence electrons. The van der Waals surface area contributed by atoms with Crippen LogP contribution in [0.1, 0.15) is 23.2 Å². The Labute approximate surface area is 219 Å². The molecule has 0 spiro atoms. The van der Waals surface area contributed by atoms with Gasteiger partial charge >= 0.3 is 0 Å². The van der Waals surface area contributed by atoms with Crippen molar-refractivity contribution in [2.24, 2.45) is 0 Å². The topological polar surface area (TPSA) is 60.5 Å². The zero-order valence-electron chi connectivity index (χ0n) is 20.1. The van der Waals surface area contributed by atoms with Crippen LogP contribution in [0.3, 0.4) is 0 Å². The van der Waals surface area contributed by atoms with E-state index in [0.29, 0.717) is 29.5 Å². The second-order valence-electron chi connectivity index (χ2n) is 8.62. The summed E-state index contributed by atoms with van der Waals surface area (Å²) in [5, 5.41) is 7.00. The molecule has 4 aromatic rings. The molecule has 2 atom stereocenters. The van der Waals surface area contributed by atoms with Crippen molar-refractivity contribution in [1.29, 1.82) is 0 Å². The maximum atomic E-state index is 13.6. The lowest BCUT2D eigenvalue weighted by atomic mass is 9.78. The number of carbonyl (C=O) groups excluding carboxylic acids is 1. The second kappa shape index (κ2) is 10.2. The molecule has 1 N–H and O–H groups in total. The highest BCUT2D eigenvalue weighted by Gasteiger charge is 2.46. The van der Waals surface area contributed by atoms with Gasteiger partial charge in [-0.15, -0.1) is 11.8 Å². The van der Waals surface area contributed by atoms with Crippen molar-refractivity contribution in [2.45, 2.75) is 29.0 Å². The number of aromatic nitrogens is 1. The van der Waals surface area contributed by atoms with Gasteiger partial charge in [0.1, 0.15) is 10.8 Å². The number of hydrogen-bond acceptors (Lipinski definition) is 6. The maximum absolute atomic E-state index is 13.6. The van der Waals surface area contributed by atoms with Gasteiger partial charge in [-0.2, -0.15) is 11.3 Å². The summed E-state index contributed by atoms with van der Waals surface area (Å²) in [6.45, 7) is 6.42. The first-order chi connectivity index (χ1) is 17.5. The van der Waals surface area contributed by atoms with Crippen LogP contribution in [0, 0.1) is 6.92 Å². The number of thiophene rings is 1. The van der Waals surface area contributed by atoms with Gasteiger partial charge in [0.25, 0.3) is 0 Å². The van der Waals surface area contributed by atoms with Gasteiger partial charge < -0.3 is 14.8 Å². The smallest absolute Gasteiger partial charge is 0.238 e. The van der Waals surface area contributed by atoms with E-state index in [-0.39, 0.29) is 11.2 Å². The summed E-state index contributed by atoms with van der Waals surface area (Å²) in [7, 11) is 1.60. The first kappa shape index (κ1) is 24.2. The zero-order valence-corrected chi connectivity index (χ0v) is 21.7. The molecule has 3 heterocycles. The summed E-state index contributed by atoms with van der Waals surface area (Å²) in [5.74, 6) is 1.53. The van der Waals surface area contributed by atoms with Crippen molar-refractivity contribution < 1.29 is 14.3 Å². The third-order valence-corrected chi connectivity index (χ3v) is 8.41. The number of nitrogens with one attached hydrogen (secondary N) is 1. The van der Waals surface area contributed by atoms with E-state index in [0.717, 1.165) is 21.6 Å². The van der Waals surface area contributed by atoms with Crippen LogP contribution in [0.5, 0.6) is 17.4 Å². The van der Waals surface area contributed by atoms with Gasteiger partial charge in [0.05, 0.1) is 12.8 Å². The SMILES string of the molecule is C=C1CC(c2ccsc2)(c2cccc(Oc3ccccc3OC)n2)NC(=O)C1Sc1ccccc1C. The van der Waals surface area contributed by atoms with Crippen LogP contribution in [0.4, 0.5) is 0 Å². The van der Waals surface area contributed by atoms with Crippen molar-refractivity contribution in [3.05, 3.63) is 113 Å². The number of carbonyl (C=O) groups is 1. The Morgan fingerprint density at radius 3 is 2.56 bits per heavy atom. The molecule has 1 saturated heterocycles. The highest BCUT2D eigenvalue weighted by atomic mass is 32.2. The molecule has 0 radical (unpaired) electrons. The average molecular weight is 515 g/mol. The molecule has 2 unspecified atom stereocenters. The van der Waals surface area contributed by atoms with E-state index in [4.69, 9.17) is 14.5 Å². The van der Waals surface area contributed by atoms with Crippen molar-refractivity contribution in [1.82, 2.24) is 10.3 Å². The number of para-hydroxylation sites is 2. The Bertz CT molecular complexity index is 1380. The molecule has 36 heavy (non-hydrogen) atoms. The van der Waals surface area contributed by atoms with Crippen LogP contribution in [-0.4, -0.2) is 23.3 Å². The van der Waals surface area contributed by atoms with E-state index in [1.165, 1.54) is 0 Å². The summed E-state index contributed by atoms with van der Waals surface area (Å²) < 4.78 is 11.5. The number of amides is 1. The molecule has 0 aliphatic carbocycles. The first-order valence-electron chi connectivity index (χ1n) is 11.5. The monoisotopic (exact) mass is 514 g/mol. The second-order valence-corrected chi connectivity index (χ2v) is 10.5. The fraction of sp³-hybridized carbons (Fsp3) is 0.172. The standard InChI is InChI=1S/C29H26N2O3S2/c1-19-9-4-7-12-24(19)36-27-20(2)17-29(31-28(27)32,21-15-16-35-18-21)25-13-8-14-26(30-25)34-23-11-6-5-10-22(23)33-3/h4-16,18,27H,2,17H2,1,3H3,(H,31,32). The van der Waals surface area contributed by atoms with Gasteiger partial charge in [0, 0.05) is 17.4 Å². The number of aryl methyl sites for hydroxylation is 1. The van der Waals surface area contributed by atoms with Gasteiger partial charge in [-0.05, 0) is 59.1 Å². The number of piperidine rings is 1. The van der Waals surface area contributed by atoms with Crippen LogP contribution in [0.2, 0.25) is 0 Å². The third kappa shape index (κ3) is 4.64. The number of thioether (sulfide) groups is 1. The molecule has 7 heteroatoms. The molecular weight excluding hydrogens is 488 g/mol. The van der Waals surface area contributed by atoms with Gasteiger partial charge in [0.2, 0.25) is 11.8 Å². The Balaban J connectivity index is 1.49. The highest BCUT2D eigenvalue weighted by Crippen LogP contribution is 2.44. The lowest BCUT2D eigenvalue weighted by Gasteiger charge is -2.41. The number of methoxy groups -OCH3 is 1. The van der Waals surface area contributed by atoms with Gasteiger partial charge in [-0.1, -0.05) is 48.6 Å². The number of rotatable bonds is 7. The van der Waals surface area contributed by atoms with Crippen LogP contribution in [-0.2, 0) is 10.3 Å². The summed E-state index contributed by atoms with van der Waals surface area (Å²) in [4.78, 5) is 19.5. The maximum Gasteiger partial charge on any atom is 0.238 e. The van der Waals surface area contributed by atoms with Crippen molar-refractivity contribution >= 4 is 29.0 Å². The Morgan fingerprint density at radius 2 is 1.83 bits per heavy atom. The number of nitrogens with zero attached hydrogens (tertiary/aromatic N) is 1. The van der Waals surface area contributed by atoms with Crippen molar-refractivity contribution in [3.8, 4) is 17.4 Å². The third-order valence-electron chi connectivity index (χ3n) is 6.23. The van der Waals surface area contributed by atoms with Crippen LogP contribution in [0.25, 0.3) is 0 Å². The predicted octanol–water partition coefficient (Wildman–Crippen LogP) is 6.73. The Morgan fingerprint density at radius 1 is 1.06 bits per heavy atom. The largest absolute Gasteiger partial charge is 0.493 e. The van der Waals surface area contributed by atoms with Crippen molar-refractivity contribution in [3.63, 3.8) is 0 Å². The minimum absolute atomic E-state index is 0.0800. The molecule has 1 aliphatic rings. The molecule has 2 aromatic heterocycles.